The maximum atomic E-state index is 13.7. The molecule has 0 saturated carbocycles. The minimum atomic E-state index is -0.395. The Labute approximate surface area is 135 Å². The Morgan fingerprint density at radius 2 is 2.13 bits per heavy atom. The molecule has 0 radical (unpaired) electrons. The van der Waals surface area contributed by atoms with Crippen LogP contribution >= 0.6 is 0 Å². The molecule has 0 bridgehead atoms. The van der Waals surface area contributed by atoms with Crippen molar-refractivity contribution in [1.82, 2.24) is 15.5 Å². The first-order valence-electron chi connectivity index (χ1n) is 8.17. The fourth-order valence-electron chi connectivity index (χ4n) is 3.39. The third-order valence-electron chi connectivity index (χ3n) is 4.62. The molecule has 0 unspecified atom stereocenters. The normalized spacial score (nSPS) is 27.0. The van der Waals surface area contributed by atoms with Crippen molar-refractivity contribution < 1.29 is 14.0 Å². The van der Waals surface area contributed by atoms with Crippen molar-refractivity contribution >= 4 is 11.8 Å². The lowest BCUT2D eigenvalue weighted by molar-refractivity contribution is -0.147. The summed E-state index contributed by atoms with van der Waals surface area (Å²) in [5, 5.41) is 6.09. The molecule has 1 aromatic rings. The van der Waals surface area contributed by atoms with Gasteiger partial charge in [0.15, 0.2) is 0 Å². The molecule has 2 saturated heterocycles. The van der Waals surface area contributed by atoms with Gasteiger partial charge < -0.3 is 15.5 Å². The summed E-state index contributed by atoms with van der Waals surface area (Å²) < 4.78 is 13.7. The number of benzene rings is 1. The zero-order valence-electron chi connectivity index (χ0n) is 13.2. The van der Waals surface area contributed by atoms with E-state index in [-0.39, 0.29) is 23.7 Å². The van der Waals surface area contributed by atoms with Gasteiger partial charge in [0, 0.05) is 24.7 Å². The number of amides is 2. The van der Waals surface area contributed by atoms with Crippen molar-refractivity contribution in [2.75, 3.05) is 6.54 Å². The van der Waals surface area contributed by atoms with E-state index >= 15 is 0 Å². The van der Waals surface area contributed by atoms with E-state index in [4.69, 9.17) is 0 Å². The van der Waals surface area contributed by atoms with Gasteiger partial charge in [-0.2, -0.15) is 0 Å². The first-order valence-corrected chi connectivity index (χ1v) is 8.17. The quantitative estimate of drug-likeness (QED) is 0.857. The predicted molar refractivity (Wildman–Crippen MR) is 84.0 cm³/mol. The number of fused-ring (bicyclic) bond motifs is 1. The largest absolute Gasteiger partial charge is 0.343 e. The van der Waals surface area contributed by atoms with Gasteiger partial charge in [-0.05, 0) is 18.9 Å². The highest BCUT2D eigenvalue weighted by atomic mass is 19.1. The van der Waals surface area contributed by atoms with E-state index in [9.17, 15) is 14.0 Å². The number of carbonyl (C=O) groups is 2. The van der Waals surface area contributed by atoms with Crippen molar-refractivity contribution in [2.45, 2.75) is 50.9 Å². The Hall–Kier alpha value is -1.95. The lowest BCUT2D eigenvalue weighted by Crippen LogP contribution is -2.61. The number of carbonyl (C=O) groups excluding carboxylic acids is 2. The molecule has 0 aromatic heterocycles. The Morgan fingerprint density at radius 1 is 1.35 bits per heavy atom. The monoisotopic (exact) mass is 319 g/mol. The number of rotatable bonds is 5. The maximum absolute atomic E-state index is 13.7. The second-order valence-corrected chi connectivity index (χ2v) is 6.26. The van der Waals surface area contributed by atoms with E-state index in [0.717, 1.165) is 6.42 Å². The Bertz CT molecular complexity index is 607. The molecule has 2 aliphatic rings. The molecule has 2 amide bonds. The van der Waals surface area contributed by atoms with Gasteiger partial charge in [-0.1, -0.05) is 31.5 Å². The molecule has 3 atom stereocenters. The first-order chi connectivity index (χ1) is 11.1. The molecule has 5 nitrogen and oxygen atoms in total. The number of nitrogens with zero attached hydrogens (tertiary/aromatic N) is 1. The summed E-state index contributed by atoms with van der Waals surface area (Å²) in [7, 11) is 0. The average molecular weight is 319 g/mol. The lowest BCUT2D eigenvalue weighted by Gasteiger charge is -2.34. The summed E-state index contributed by atoms with van der Waals surface area (Å²) in [6.45, 7) is 2.89. The molecule has 0 spiro atoms. The second kappa shape index (κ2) is 6.66. The highest BCUT2D eigenvalue weighted by molar-refractivity contribution is 5.97. The molecule has 0 aliphatic carbocycles. The van der Waals surface area contributed by atoms with Crippen LogP contribution in [-0.2, 0) is 16.1 Å². The fraction of sp³-hybridized carbons (Fsp3) is 0.529. The predicted octanol–water partition coefficient (Wildman–Crippen LogP) is 1.18. The molecule has 2 N–H and O–H groups in total. The van der Waals surface area contributed by atoms with E-state index in [0.29, 0.717) is 31.5 Å². The van der Waals surface area contributed by atoms with Gasteiger partial charge >= 0.3 is 0 Å². The highest BCUT2D eigenvalue weighted by Gasteiger charge is 2.45. The van der Waals surface area contributed by atoms with E-state index in [1.165, 1.54) is 6.07 Å². The summed E-state index contributed by atoms with van der Waals surface area (Å²) in [6.07, 6.45) is 2.09. The van der Waals surface area contributed by atoms with Gasteiger partial charge in [0.2, 0.25) is 11.8 Å². The van der Waals surface area contributed by atoms with Crippen LogP contribution in [0.25, 0.3) is 0 Å². The minimum absolute atomic E-state index is 0.00615. The zero-order chi connectivity index (χ0) is 16.4. The number of halogens is 1. The molecule has 3 rings (SSSR count). The number of piperazine rings is 1. The van der Waals surface area contributed by atoms with Gasteiger partial charge in [-0.3, -0.25) is 9.59 Å². The van der Waals surface area contributed by atoms with E-state index < -0.39 is 12.1 Å². The van der Waals surface area contributed by atoms with Gasteiger partial charge in [0.05, 0.1) is 0 Å². The molecule has 6 heteroatoms. The molecule has 2 fully saturated rings. The van der Waals surface area contributed by atoms with Crippen LogP contribution in [0.4, 0.5) is 4.39 Å². The molecule has 23 heavy (non-hydrogen) atoms. The van der Waals surface area contributed by atoms with Gasteiger partial charge in [-0.15, -0.1) is 0 Å². The first kappa shape index (κ1) is 15.9. The fourth-order valence-corrected chi connectivity index (χ4v) is 3.39. The summed E-state index contributed by atoms with van der Waals surface area (Å²) in [4.78, 5) is 26.3. The number of hydrogen-bond acceptors (Lipinski definition) is 3. The van der Waals surface area contributed by atoms with Crippen molar-refractivity contribution in [3.8, 4) is 0 Å². The standard InChI is InChI=1S/C17H22FN3O2/c1-2-5-14-17(23)21-10-12(8-15(21)16(22)20-14)19-9-11-6-3-4-7-13(11)18/h3-4,6-7,12,14-15,19H,2,5,8-10H2,1H3,(H,20,22)/t12-,14-,15-/m0/s1. The lowest BCUT2D eigenvalue weighted by atomic mass is 10.0. The van der Waals surface area contributed by atoms with Crippen LogP contribution < -0.4 is 10.6 Å². The van der Waals surface area contributed by atoms with Crippen molar-refractivity contribution in [3.63, 3.8) is 0 Å². The van der Waals surface area contributed by atoms with Crippen LogP contribution in [0.1, 0.15) is 31.7 Å². The molecular weight excluding hydrogens is 297 g/mol. The molecular formula is C17H22FN3O2. The Balaban J connectivity index is 1.62. The third-order valence-corrected chi connectivity index (χ3v) is 4.62. The van der Waals surface area contributed by atoms with Crippen LogP contribution in [0.15, 0.2) is 24.3 Å². The summed E-state index contributed by atoms with van der Waals surface area (Å²) >= 11 is 0. The van der Waals surface area contributed by atoms with Crippen LogP contribution in [0.3, 0.4) is 0 Å². The molecule has 1 aromatic carbocycles. The second-order valence-electron chi connectivity index (χ2n) is 6.26. The third kappa shape index (κ3) is 3.22. The SMILES string of the molecule is CCC[C@@H]1NC(=O)[C@@H]2C[C@H](NCc3ccccc3F)CN2C1=O. The van der Waals surface area contributed by atoms with Crippen molar-refractivity contribution in [1.29, 1.82) is 0 Å². The Morgan fingerprint density at radius 3 is 2.87 bits per heavy atom. The minimum Gasteiger partial charge on any atom is -0.343 e. The topological polar surface area (TPSA) is 61.4 Å². The smallest absolute Gasteiger partial charge is 0.245 e. The summed E-state index contributed by atoms with van der Waals surface area (Å²) in [5.74, 6) is -0.308. The van der Waals surface area contributed by atoms with E-state index in [1.807, 2.05) is 6.92 Å². The molecule has 2 heterocycles. The maximum Gasteiger partial charge on any atom is 0.245 e. The zero-order valence-corrected chi connectivity index (χ0v) is 13.2. The van der Waals surface area contributed by atoms with Crippen LogP contribution in [-0.4, -0.2) is 41.4 Å². The van der Waals surface area contributed by atoms with Gasteiger partial charge in [-0.25, -0.2) is 4.39 Å². The van der Waals surface area contributed by atoms with E-state index in [2.05, 4.69) is 10.6 Å². The van der Waals surface area contributed by atoms with Crippen LogP contribution in [0, 0.1) is 5.82 Å². The summed E-state index contributed by atoms with van der Waals surface area (Å²) in [5.41, 5.74) is 0.594. The van der Waals surface area contributed by atoms with E-state index in [1.54, 1.807) is 23.1 Å². The highest BCUT2D eigenvalue weighted by Crippen LogP contribution is 2.24. The van der Waals surface area contributed by atoms with Gasteiger partial charge in [0.1, 0.15) is 17.9 Å². The molecule has 124 valence electrons. The molecule has 2 aliphatic heterocycles. The van der Waals surface area contributed by atoms with Crippen LogP contribution in [0.2, 0.25) is 0 Å². The number of hydrogen-bond donors (Lipinski definition) is 2. The average Bonchev–Trinajstić information content (AvgIpc) is 2.97. The van der Waals surface area contributed by atoms with Crippen molar-refractivity contribution in [3.05, 3.63) is 35.6 Å². The summed E-state index contributed by atoms with van der Waals surface area (Å²) in [6, 6.07) is 5.84. The Kier molecular flexibility index (Phi) is 4.61. The van der Waals surface area contributed by atoms with Gasteiger partial charge in [0.25, 0.3) is 0 Å². The van der Waals surface area contributed by atoms with Crippen molar-refractivity contribution in [2.24, 2.45) is 0 Å². The van der Waals surface area contributed by atoms with Crippen LogP contribution in [0.5, 0.6) is 0 Å². The number of nitrogens with one attached hydrogen (secondary N) is 2.